The first-order valence-corrected chi connectivity index (χ1v) is 8.63. The van der Waals surface area contributed by atoms with Crippen molar-refractivity contribution >= 4 is 33.8 Å². The molecule has 0 atom stereocenters. The molecule has 0 aliphatic heterocycles. The number of aromatic nitrogens is 4. The van der Waals surface area contributed by atoms with Gasteiger partial charge in [0, 0.05) is 17.7 Å². The monoisotopic (exact) mass is 320 g/mol. The molecule has 4 nitrogen and oxygen atoms in total. The highest BCUT2D eigenvalue weighted by Gasteiger charge is 2.13. The molecule has 0 aliphatic carbocycles. The topological polar surface area (TPSA) is 43.6 Å². The highest BCUT2D eigenvalue weighted by atomic mass is 32.2. The summed E-state index contributed by atoms with van der Waals surface area (Å²) in [5, 5.41) is 10.6. The van der Waals surface area contributed by atoms with E-state index in [1.54, 1.807) is 11.8 Å². The summed E-state index contributed by atoms with van der Waals surface area (Å²) in [6.45, 7) is 3.00. The van der Waals surface area contributed by atoms with E-state index in [-0.39, 0.29) is 0 Å². The van der Waals surface area contributed by atoms with E-state index in [0.29, 0.717) is 0 Å². The average Bonchev–Trinajstić information content (AvgIpc) is 2.94. The summed E-state index contributed by atoms with van der Waals surface area (Å²) >= 11 is 1.62. The van der Waals surface area contributed by atoms with Crippen LogP contribution in [0.3, 0.4) is 0 Å². The van der Waals surface area contributed by atoms with Gasteiger partial charge in [0.2, 0.25) is 5.16 Å². The Balaban J connectivity index is 1.74. The smallest absolute Gasteiger partial charge is 0.211 e. The number of nitrogens with zero attached hydrogens (tertiary/aromatic N) is 4. The minimum atomic E-state index is 0.721. The van der Waals surface area contributed by atoms with Gasteiger partial charge in [-0.3, -0.25) is 0 Å². The van der Waals surface area contributed by atoms with E-state index in [9.17, 15) is 0 Å². The molecular weight excluding hydrogens is 304 g/mol. The van der Waals surface area contributed by atoms with Crippen LogP contribution in [-0.4, -0.2) is 19.7 Å². The molecule has 0 fully saturated rings. The van der Waals surface area contributed by atoms with E-state index >= 15 is 0 Å². The number of hydrogen-bond donors (Lipinski definition) is 0. The highest BCUT2D eigenvalue weighted by molar-refractivity contribution is 7.98. The molecule has 4 rings (SSSR count). The van der Waals surface area contributed by atoms with Gasteiger partial charge >= 0.3 is 0 Å². The molecular formula is C18H16N4S. The molecule has 0 saturated carbocycles. The van der Waals surface area contributed by atoms with E-state index in [4.69, 9.17) is 4.98 Å². The summed E-state index contributed by atoms with van der Waals surface area (Å²) in [7, 11) is 0. The van der Waals surface area contributed by atoms with Crippen LogP contribution in [0, 0.1) is 0 Å². The van der Waals surface area contributed by atoms with E-state index in [1.807, 2.05) is 30.3 Å². The van der Waals surface area contributed by atoms with Gasteiger partial charge in [-0.15, -0.1) is 10.2 Å². The first-order valence-electron chi connectivity index (χ1n) is 7.65. The number of hydrogen-bond acceptors (Lipinski definition) is 4. The van der Waals surface area contributed by atoms with Crippen LogP contribution in [0.25, 0.3) is 22.1 Å². The van der Waals surface area contributed by atoms with Crippen LogP contribution < -0.4 is 0 Å². The molecule has 2 aromatic carbocycles. The Morgan fingerprint density at radius 2 is 1.74 bits per heavy atom. The minimum Gasteiger partial charge on any atom is -0.324 e. The second-order valence-electron chi connectivity index (χ2n) is 5.30. The third-order valence-electron chi connectivity index (χ3n) is 3.88. The van der Waals surface area contributed by atoms with Crippen LogP contribution in [0.15, 0.2) is 59.8 Å². The minimum absolute atomic E-state index is 0.721. The summed E-state index contributed by atoms with van der Waals surface area (Å²) in [5.41, 5.74) is 4.22. The number of thioether (sulfide) groups is 1. The average molecular weight is 320 g/mol. The van der Waals surface area contributed by atoms with Crippen molar-refractivity contribution in [2.24, 2.45) is 0 Å². The molecule has 23 heavy (non-hydrogen) atoms. The zero-order valence-electron chi connectivity index (χ0n) is 12.8. The van der Waals surface area contributed by atoms with Crippen LogP contribution in [0.1, 0.15) is 12.5 Å². The molecule has 114 valence electrons. The molecule has 0 spiro atoms. The Hall–Kier alpha value is -2.40. The quantitative estimate of drug-likeness (QED) is 0.526. The van der Waals surface area contributed by atoms with E-state index in [1.165, 1.54) is 5.56 Å². The summed E-state index contributed by atoms with van der Waals surface area (Å²) in [5.74, 6) is 0.848. The fraction of sp³-hybridized carbons (Fsp3) is 0.167. The van der Waals surface area contributed by atoms with Crippen molar-refractivity contribution in [3.63, 3.8) is 0 Å². The van der Waals surface area contributed by atoms with Crippen LogP contribution in [0.5, 0.6) is 0 Å². The van der Waals surface area contributed by atoms with Gasteiger partial charge in [0.25, 0.3) is 0 Å². The molecule has 0 aliphatic rings. The Bertz CT molecular complexity index is 963. The van der Waals surface area contributed by atoms with Gasteiger partial charge in [-0.05, 0) is 18.6 Å². The Labute approximate surface area is 138 Å². The number of benzene rings is 2. The molecule has 0 saturated heterocycles. The summed E-state index contributed by atoms with van der Waals surface area (Å²) in [6, 6.07) is 18.6. The molecule has 0 unspecified atom stereocenters. The van der Waals surface area contributed by atoms with Crippen molar-refractivity contribution in [2.45, 2.75) is 24.4 Å². The first-order chi connectivity index (χ1) is 11.4. The predicted octanol–water partition coefficient (Wildman–Crippen LogP) is 4.29. The van der Waals surface area contributed by atoms with Crippen molar-refractivity contribution in [1.82, 2.24) is 19.7 Å². The van der Waals surface area contributed by atoms with E-state index in [2.05, 4.69) is 46.0 Å². The molecule has 2 heterocycles. The zero-order valence-corrected chi connectivity index (χ0v) is 13.6. The number of aryl methyl sites for hydroxylation is 1. The van der Waals surface area contributed by atoms with Gasteiger partial charge in [0.15, 0.2) is 5.65 Å². The molecule has 5 heteroatoms. The maximum Gasteiger partial charge on any atom is 0.211 e. The van der Waals surface area contributed by atoms with Crippen molar-refractivity contribution in [3.05, 3.63) is 60.2 Å². The maximum atomic E-state index is 4.75. The number of rotatable bonds is 4. The summed E-state index contributed by atoms with van der Waals surface area (Å²) in [4.78, 5) is 4.75. The van der Waals surface area contributed by atoms with E-state index < -0.39 is 0 Å². The molecule has 0 bridgehead atoms. The van der Waals surface area contributed by atoms with Crippen molar-refractivity contribution in [2.75, 3.05) is 0 Å². The molecule has 0 amide bonds. The third-order valence-corrected chi connectivity index (χ3v) is 4.79. The van der Waals surface area contributed by atoms with Crippen molar-refractivity contribution in [1.29, 1.82) is 0 Å². The largest absolute Gasteiger partial charge is 0.324 e. The van der Waals surface area contributed by atoms with Gasteiger partial charge < -0.3 is 4.57 Å². The van der Waals surface area contributed by atoms with Crippen molar-refractivity contribution in [3.8, 4) is 0 Å². The summed E-state index contributed by atoms with van der Waals surface area (Å²) < 4.78 is 2.20. The molecule has 0 N–H and O–H groups in total. The molecule has 4 aromatic rings. The molecule has 0 radical (unpaired) electrons. The third kappa shape index (κ3) is 2.57. The normalized spacial score (nSPS) is 11.3. The maximum absolute atomic E-state index is 4.75. The lowest BCUT2D eigenvalue weighted by atomic mass is 10.2. The highest BCUT2D eigenvalue weighted by Crippen LogP contribution is 2.27. The van der Waals surface area contributed by atoms with Crippen LogP contribution in [0.2, 0.25) is 0 Å². The predicted molar refractivity (Wildman–Crippen MR) is 94.5 cm³/mol. The van der Waals surface area contributed by atoms with Crippen LogP contribution >= 0.6 is 11.8 Å². The fourth-order valence-corrected chi connectivity index (χ4v) is 3.53. The number of para-hydroxylation sites is 1. The lowest BCUT2D eigenvalue weighted by molar-refractivity contribution is 0.789. The summed E-state index contributed by atoms with van der Waals surface area (Å²) in [6.07, 6.45) is 0. The van der Waals surface area contributed by atoms with Gasteiger partial charge in [-0.2, -0.15) is 0 Å². The second kappa shape index (κ2) is 6.01. The lowest BCUT2D eigenvalue weighted by Gasteiger charge is -2.03. The second-order valence-corrected chi connectivity index (χ2v) is 6.24. The van der Waals surface area contributed by atoms with Crippen molar-refractivity contribution < 1.29 is 0 Å². The lowest BCUT2D eigenvalue weighted by Crippen LogP contribution is -1.98. The standard InChI is InChI=1S/C18H16N4S/c1-2-22-15-11-7-6-10-14(15)16-17(22)19-18(21-20-16)23-12-13-8-4-3-5-9-13/h3-11H,2,12H2,1H3. The van der Waals surface area contributed by atoms with Gasteiger partial charge in [-0.25, -0.2) is 4.98 Å². The van der Waals surface area contributed by atoms with E-state index in [0.717, 1.165) is 39.5 Å². The van der Waals surface area contributed by atoms with Crippen LogP contribution in [0.4, 0.5) is 0 Å². The van der Waals surface area contributed by atoms with Gasteiger partial charge in [0.1, 0.15) is 5.52 Å². The fourth-order valence-electron chi connectivity index (χ4n) is 2.79. The van der Waals surface area contributed by atoms with Gasteiger partial charge in [0.05, 0.1) is 5.52 Å². The number of fused-ring (bicyclic) bond motifs is 3. The Morgan fingerprint density at radius 1 is 0.957 bits per heavy atom. The first kappa shape index (κ1) is 14.2. The van der Waals surface area contributed by atoms with Gasteiger partial charge in [-0.1, -0.05) is 60.3 Å². The molecule has 2 aromatic heterocycles. The van der Waals surface area contributed by atoms with Crippen LogP contribution in [-0.2, 0) is 12.3 Å². The Morgan fingerprint density at radius 3 is 2.57 bits per heavy atom. The SMILES string of the molecule is CCn1c2ccccc2c2nnc(SCc3ccccc3)nc21. The Kier molecular flexibility index (Phi) is 3.71. The zero-order chi connectivity index (χ0) is 15.6.